The maximum atomic E-state index is 12.5. The van der Waals surface area contributed by atoms with Crippen molar-refractivity contribution in [1.82, 2.24) is 4.31 Å². The van der Waals surface area contributed by atoms with Gasteiger partial charge in [-0.15, -0.1) is 0 Å². The molecule has 0 amide bonds. The summed E-state index contributed by atoms with van der Waals surface area (Å²) in [5.74, 6) is 0. The first kappa shape index (κ1) is 17.3. The summed E-state index contributed by atoms with van der Waals surface area (Å²) >= 11 is 0. The molecule has 0 bridgehead atoms. The molecule has 0 heterocycles. The third kappa shape index (κ3) is 4.13. The Morgan fingerprint density at radius 3 is 2.62 bits per heavy atom. The normalized spacial score (nSPS) is 11.6. The number of nitrogens with zero attached hydrogens (tertiary/aromatic N) is 2. The van der Waals surface area contributed by atoms with Gasteiger partial charge in [0.1, 0.15) is 4.90 Å². The first-order valence-electron chi connectivity index (χ1n) is 6.32. The molecule has 21 heavy (non-hydrogen) atoms. The standard InChI is InChI=1S/C12H19N3O5S/c1-4-13-11-6-5-10(15(16)17)9-12(11)21(18,19)14(2)7-8-20-3/h5-6,9,13H,4,7-8H2,1-3H3. The predicted molar refractivity (Wildman–Crippen MR) is 79.0 cm³/mol. The van der Waals surface area contributed by atoms with Crippen molar-refractivity contribution in [2.45, 2.75) is 11.8 Å². The SMILES string of the molecule is CCNc1ccc([N+](=O)[O-])cc1S(=O)(=O)N(C)CCOC. The van der Waals surface area contributed by atoms with Gasteiger partial charge in [-0.05, 0) is 13.0 Å². The van der Waals surface area contributed by atoms with E-state index in [1.807, 2.05) is 6.92 Å². The monoisotopic (exact) mass is 317 g/mol. The summed E-state index contributed by atoms with van der Waals surface area (Å²) in [4.78, 5) is 10.1. The summed E-state index contributed by atoms with van der Waals surface area (Å²) in [7, 11) is -0.958. The van der Waals surface area contributed by atoms with Crippen LogP contribution in [0.25, 0.3) is 0 Å². The topological polar surface area (TPSA) is 102 Å². The molecule has 0 radical (unpaired) electrons. The molecule has 0 unspecified atom stereocenters. The summed E-state index contributed by atoms with van der Waals surface area (Å²) in [6, 6.07) is 3.74. The van der Waals surface area contributed by atoms with E-state index in [0.717, 1.165) is 10.4 Å². The van der Waals surface area contributed by atoms with Crippen molar-refractivity contribution >= 4 is 21.4 Å². The van der Waals surface area contributed by atoms with Gasteiger partial charge in [-0.3, -0.25) is 10.1 Å². The van der Waals surface area contributed by atoms with Crippen LogP contribution in [0.3, 0.4) is 0 Å². The lowest BCUT2D eigenvalue weighted by Crippen LogP contribution is -2.30. The zero-order chi connectivity index (χ0) is 16.0. The van der Waals surface area contributed by atoms with Gasteiger partial charge in [-0.25, -0.2) is 8.42 Å². The zero-order valence-corrected chi connectivity index (χ0v) is 13.0. The van der Waals surface area contributed by atoms with Crippen molar-refractivity contribution in [3.8, 4) is 0 Å². The molecule has 1 aromatic rings. The van der Waals surface area contributed by atoms with E-state index in [2.05, 4.69) is 5.32 Å². The predicted octanol–water partition coefficient (Wildman–Crippen LogP) is 1.29. The van der Waals surface area contributed by atoms with Crippen LogP contribution in [-0.4, -0.2) is 51.5 Å². The average molecular weight is 317 g/mol. The number of hydrogen-bond acceptors (Lipinski definition) is 6. The number of hydrogen-bond donors (Lipinski definition) is 1. The molecule has 1 rings (SSSR count). The smallest absolute Gasteiger partial charge is 0.270 e. The van der Waals surface area contributed by atoms with Crippen LogP contribution < -0.4 is 5.32 Å². The van der Waals surface area contributed by atoms with Gasteiger partial charge in [0.25, 0.3) is 5.69 Å². The summed E-state index contributed by atoms with van der Waals surface area (Å²) in [6.07, 6.45) is 0. The Morgan fingerprint density at radius 1 is 1.43 bits per heavy atom. The molecule has 0 aliphatic rings. The molecule has 0 aromatic heterocycles. The lowest BCUT2D eigenvalue weighted by molar-refractivity contribution is -0.385. The molecule has 0 atom stereocenters. The highest BCUT2D eigenvalue weighted by Crippen LogP contribution is 2.28. The molecule has 8 nitrogen and oxygen atoms in total. The third-order valence-electron chi connectivity index (χ3n) is 2.84. The van der Waals surface area contributed by atoms with Crippen LogP contribution in [0, 0.1) is 10.1 Å². The minimum atomic E-state index is -3.83. The number of sulfonamides is 1. The number of nitrogens with one attached hydrogen (secondary N) is 1. The molecule has 0 aliphatic carbocycles. The molecule has 118 valence electrons. The fourth-order valence-corrected chi connectivity index (χ4v) is 3.02. The second kappa shape index (κ2) is 7.34. The quantitative estimate of drug-likeness (QED) is 0.572. The second-order valence-electron chi connectivity index (χ2n) is 4.29. The van der Waals surface area contributed by atoms with Crippen molar-refractivity contribution in [2.75, 3.05) is 39.2 Å². The minimum absolute atomic E-state index is 0.114. The van der Waals surface area contributed by atoms with E-state index in [1.54, 1.807) is 0 Å². The van der Waals surface area contributed by atoms with Gasteiger partial charge in [0.05, 0.1) is 17.2 Å². The van der Waals surface area contributed by atoms with Crippen LogP contribution in [0.2, 0.25) is 0 Å². The second-order valence-corrected chi connectivity index (χ2v) is 6.30. The molecule has 0 aliphatic heterocycles. The summed E-state index contributed by atoms with van der Waals surface area (Å²) in [5.41, 5.74) is 0.0720. The number of methoxy groups -OCH3 is 1. The van der Waals surface area contributed by atoms with Gasteiger partial charge in [0.15, 0.2) is 0 Å². The van der Waals surface area contributed by atoms with Crippen LogP contribution >= 0.6 is 0 Å². The Labute approximate surface area is 123 Å². The van der Waals surface area contributed by atoms with Gasteiger partial charge in [0, 0.05) is 39.4 Å². The van der Waals surface area contributed by atoms with Crippen molar-refractivity contribution in [3.63, 3.8) is 0 Å². The van der Waals surface area contributed by atoms with Crippen LogP contribution in [0.4, 0.5) is 11.4 Å². The number of nitro groups is 1. The minimum Gasteiger partial charge on any atom is -0.384 e. The van der Waals surface area contributed by atoms with Crippen LogP contribution in [0.5, 0.6) is 0 Å². The Kier molecular flexibility index (Phi) is 6.06. The van der Waals surface area contributed by atoms with E-state index in [9.17, 15) is 18.5 Å². The largest absolute Gasteiger partial charge is 0.384 e. The highest BCUT2D eigenvalue weighted by molar-refractivity contribution is 7.89. The molecule has 0 saturated heterocycles. The van der Waals surface area contributed by atoms with Gasteiger partial charge in [0.2, 0.25) is 10.0 Å². The van der Waals surface area contributed by atoms with Crippen molar-refractivity contribution in [3.05, 3.63) is 28.3 Å². The van der Waals surface area contributed by atoms with Gasteiger partial charge < -0.3 is 10.1 Å². The fraction of sp³-hybridized carbons (Fsp3) is 0.500. The van der Waals surface area contributed by atoms with Crippen molar-refractivity contribution < 1.29 is 18.1 Å². The first-order valence-corrected chi connectivity index (χ1v) is 7.76. The summed E-state index contributed by atoms with van der Waals surface area (Å²) in [6.45, 7) is 2.71. The van der Waals surface area contributed by atoms with E-state index in [-0.39, 0.29) is 23.7 Å². The number of anilines is 1. The van der Waals surface area contributed by atoms with Gasteiger partial charge in [-0.1, -0.05) is 0 Å². The maximum Gasteiger partial charge on any atom is 0.270 e. The Balaban J connectivity index is 3.29. The van der Waals surface area contributed by atoms with Crippen LogP contribution in [-0.2, 0) is 14.8 Å². The highest BCUT2D eigenvalue weighted by Gasteiger charge is 2.26. The van der Waals surface area contributed by atoms with E-state index >= 15 is 0 Å². The van der Waals surface area contributed by atoms with Gasteiger partial charge >= 0.3 is 0 Å². The number of rotatable bonds is 8. The molecule has 0 fully saturated rings. The summed E-state index contributed by atoms with van der Waals surface area (Å²) < 4.78 is 31.0. The van der Waals surface area contributed by atoms with E-state index in [1.165, 1.54) is 26.3 Å². The van der Waals surface area contributed by atoms with Crippen LogP contribution in [0.1, 0.15) is 6.92 Å². The van der Waals surface area contributed by atoms with Crippen molar-refractivity contribution in [1.29, 1.82) is 0 Å². The van der Waals surface area contributed by atoms with Crippen molar-refractivity contribution in [2.24, 2.45) is 0 Å². The maximum absolute atomic E-state index is 12.5. The van der Waals surface area contributed by atoms with Gasteiger partial charge in [-0.2, -0.15) is 4.31 Å². The Bertz CT molecular complexity index is 603. The Morgan fingerprint density at radius 2 is 2.10 bits per heavy atom. The molecule has 1 N–H and O–H groups in total. The highest BCUT2D eigenvalue weighted by atomic mass is 32.2. The number of non-ortho nitro benzene ring substituents is 1. The molecular formula is C12H19N3O5S. The number of ether oxygens (including phenoxy) is 1. The van der Waals surface area contributed by atoms with E-state index in [4.69, 9.17) is 4.74 Å². The van der Waals surface area contributed by atoms with E-state index in [0.29, 0.717) is 12.2 Å². The van der Waals surface area contributed by atoms with E-state index < -0.39 is 14.9 Å². The fourth-order valence-electron chi connectivity index (χ4n) is 1.68. The Hall–Kier alpha value is -1.71. The van der Waals surface area contributed by atoms with Crippen LogP contribution in [0.15, 0.2) is 23.1 Å². The number of benzene rings is 1. The molecular weight excluding hydrogens is 298 g/mol. The zero-order valence-electron chi connectivity index (χ0n) is 12.2. The number of likely N-dealkylation sites (N-methyl/N-ethyl adjacent to an activating group) is 1. The first-order chi connectivity index (χ1) is 9.84. The summed E-state index contributed by atoms with van der Waals surface area (Å²) in [5, 5.41) is 13.7. The molecule has 0 saturated carbocycles. The molecule has 0 spiro atoms. The molecule has 9 heteroatoms. The average Bonchev–Trinajstić information content (AvgIpc) is 2.44. The number of nitro benzene ring substituents is 1. The lowest BCUT2D eigenvalue weighted by Gasteiger charge is -2.19. The third-order valence-corrected chi connectivity index (χ3v) is 4.74. The molecule has 1 aromatic carbocycles. The lowest BCUT2D eigenvalue weighted by atomic mass is 10.3.